The maximum atomic E-state index is 12.1. The molecule has 0 radical (unpaired) electrons. The molecule has 5 heteroatoms. The van der Waals surface area contributed by atoms with Crippen LogP contribution in [0.25, 0.3) is 0 Å². The number of anilines is 1. The van der Waals surface area contributed by atoms with Gasteiger partial charge in [-0.05, 0) is 6.42 Å². The highest BCUT2D eigenvalue weighted by Crippen LogP contribution is 2.15. The van der Waals surface area contributed by atoms with Crippen molar-refractivity contribution < 1.29 is 4.79 Å². The van der Waals surface area contributed by atoms with Crippen LogP contribution in [0.4, 0.5) is 5.69 Å². The number of rotatable bonds is 7. The van der Waals surface area contributed by atoms with E-state index < -0.39 is 0 Å². The summed E-state index contributed by atoms with van der Waals surface area (Å²) in [7, 11) is 1.77. The maximum absolute atomic E-state index is 12.1. The van der Waals surface area contributed by atoms with Gasteiger partial charge >= 0.3 is 0 Å². The van der Waals surface area contributed by atoms with Crippen LogP contribution in [0.15, 0.2) is 6.20 Å². The van der Waals surface area contributed by atoms with Gasteiger partial charge in [-0.3, -0.25) is 4.79 Å². The normalized spacial score (nSPS) is 10.6. The SMILES string of the molecule is CCCCCNC(=O)c1nc(C(C)C)ncc1NC. The van der Waals surface area contributed by atoms with Gasteiger partial charge in [0.1, 0.15) is 5.82 Å². The highest BCUT2D eigenvalue weighted by molar-refractivity contribution is 5.97. The lowest BCUT2D eigenvalue weighted by atomic mass is 10.2. The molecule has 0 aliphatic rings. The molecule has 1 rings (SSSR count). The van der Waals surface area contributed by atoms with Crippen molar-refractivity contribution in [2.75, 3.05) is 18.9 Å². The van der Waals surface area contributed by atoms with E-state index in [0.717, 1.165) is 19.3 Å². The van der Waals surface area contributed by atoms with E-state index in [9.17, 15) is 4.79 Å². The van der Waals surface area contributed by atoms with Gasteiger partial charge < -0.3 is 10.6 Å². The second-order valence-electron chi connectivity index (χ2n) is 4.86. The molecule has 1 heterocycles. The Morgan fingerprint density at radius 1 is 1.37 bits per heavy atom. The number of nitrogens with one attached hydrogen (secondary N) is 2. The Morgan fingerprint density at radius 2 is 2.11 bits per heavy atom. The van der Waals surface area contributed by atoms with Crippen molar-refractivity contribution in [2.24, 2.45) is 0 Å². The van der Waals surface area contributed by atoms with Gasteiger partial charge in [-0.15, -0.1) is 0 Å². The van der Waals surface area contributed by atoms with Crippen molar-refractivity contribution in [3.8, 4) is 0 Å². The Labute approximate surface area is 115 Å². The third-order valence-electron chi connectivity index (χ3n) is 2.87. The van der Waals surface area contributed by atoms with Crippen LogP contribution in [-0.4, -0.2) is 29.5 Å². The van der Waals surface area contributed by atoms with Crippen molar-refractivity contribution in [1.82, 2.24) is 15.3 Å². The van der Waals surface area contributed by atoms with Gasteiger partial charge in [0.2, 0.25) is 0 Å². The van der Waals surface area contributed by atoms with Crippen LogP contribution in [0, 0.1) is 0 Å². The highest BCUT2D eigenvalue weighted by atomic mass is 16.1. The number of aromatic nitrogens is 2. The fourth-order valence-corrected chi connectivity index (χ4v) is 1.69. The number of amides is 1. The fourth-order valence-electron chi connectivity index (χ4n) is 1.69. The minimum absolute atomic E-state index is 0.134. The highest BCUT2D eigenvalue weighted by Gasteiger charge is 2.15. The number of unbranched alkanes of at least 4 members (excludes halogenated alkanes) is 2. The topological polar surface area (TPSA) is 66.9 Å². The van der Waals surface area contributed by atoms with Gasteiger partial charge in [-0.25, -0.2) is 9.97 Å². The molecule has 0 saturated heterocycles. The van der Waals surface area contributed by atoms with Crippen LogP contribution in [0.1, 0.15) is 62.3 Å². The molecule has 0 bridgehead atoms. The van der Waals surface area contributed by atoms with Crippen LogP contribution >= 0.6 is 0 Å². The second kappa shape index (κ2) is 7.71. The molecule has 0 fully saturated rings. The molecule has 0 atom stereocenters. The molecule has 0 saturated carbocycles. The molecule has 0 aliphatic heterocycles. The van der Waals surface area contributed by atoms with E-state index in [1.54, 1.807) is 13.2 Å². The van der Waals surface area contributed by atoms with E-state index in [4.69, 9.17) is 0 Å². The summed E-state index contributed by atoms with van der Waals surface area (Å²) in [5.41, 5.74) is 1.09. The molecule has 19 heavy (non-hydrogen) atoms. The molecule has 1 amide bonds. The molecule has 0 aliphatic carbocycles. The summed E-state index contributed by atoms with van der Waals surface area (Å²) in [6.45, 7) is 6.85. The van der Waals surface area contributed by atoms with Gasteiger partial charge in [0.25, 0.3) is 5.91 Å². The van der Waals surface area contributed by atoms with Crippen molar-refractivity contribution in [2.45, 2.75) is 46.0 Å². The second-order valence-corrected chi connectivity index (χ2v) is 4.86. The quantitative estimate of drug-likeness (QED) is 0.743. The zero-order valence-electron chi connectivity index (χ0n) is 12.3. The lowest BCUT2D eigenvalue weighted by Gasteiger charge is -2.11. The van der Waals surface area contributed by atoms with Gasteiger partial charge in [-0.2, -0.15) is 0 Å². The molecule has 5 nitrogen and oxygen atoms in total. The third kappa shape index (κ3) is 4.50. The fraction of sp³-hybridized carbons (Fsp3) is 0.643. The summed E-state index contributed by atoms with van der Waals surface area (Å²) in [5.74, 6) is 0.764. The molecule has 1 aromatic rings. The van der Waals surface area contributed by atoms with E-state index in [1.165, 1.54) is 0 Å². The Morgan fingerprint density at radius 3 is 2.68 bits per heavy atom. The summed E-state index contributed by atoms with van der Waals surface area (Å²) in [6, 6.07) is 0. The van der Waals surface area contributed by atoms with E-state index in [-0.39, 0.29) is 11.8 Å². The third-order valence-corrected chi connectivity index (χ3v) is 2.87. The molecular formula is C14H24N4O. The van der Waals surface area contributed by atoms with Crippen molar-refractivity contribution >= 4 is 11.6 Å². The number of carbonyl (C=O) groups is 1. The van der Waals surface area contributed by atoms with E-state index >= 15 is 0 Å². The van der Waals surface area contributed by atoms with Gasteiger partial charge in [-0.1, -0.05) is 33.6 Å². The first-order chi connectivity index (χ1) is 9.10. The first kappa shape index (κ1) is 15.4. The minimum atomic E-state index is -0.134. The average Bonchev–Trinajstić information content (AvgIpc) is 2.42. The predicted molar refractivity (Wildman–Crippen MR) is 77.5 cm³/mol. The van der Waals surface area contributed by atoms with Crippen LogP contribution in [0.2, 0.25) is 0 Å². The largest absolute Gasteiger partial charge is 0.385 e. The summed E-state index contributed by atoms with van der Waals surface area (Å²) in [6.07, 6.45) is 4.94. The van der Waals surface area contributed by atoms with Crippen molar-refractivity contribution in [3.63, 3.8) is 0 Å². The van der Waals surface area contributed by atoms with E-state index in [2.05, 4.69) is 27.5 Å². The smallest absolute Gasteiger partial charge is 0.272 e. The summed E-state index contributed by atoms with van der Waals surface area (Å²) >= 11 is 0. The van der Waals surface area contributed by atoms with Crippen LogP contribution in [0.5, 0.6) is 0 Å². The van der Waals surface area contributed by atoms with Crippen LogP contribution < -0.4 is 10.6 Å². The molecule has 0 spiro atoms. The molecular weight excluding hydrogens is 240 g/mol. The van der Waals surface area contributed by atoms with Crippen molar-refractivity contribution in [1.29, 1.82) is 0 Å². The predicted octanol–water partition coefficient (Wildman–Crippen LogP) is 2.56. The van der Waals surface area contributed by atoms with E-state index in [1.807, 2.05) is 13.8 Å². The molecule has 0 unspecified atom stereocenters. The zero-order valence-corrected chi connectivity index (χ0v) is 12.3. The lowest BCUT2D eigenvalue weighted by Crippen LogP contribution is -2.27. The standard InChI is InChI=1S/C14H24N4O/c1-5-6-7-8-16-14(19)12-11(15-4)9-17-13(18-12)10(2)3/h9-10,15H,5-8H2,1-4H3,(H,16,19). The lowest BCUT2D eigenvalue weighted by molar-refractivity contribution is 0.0948. The van der Waals surface area contributed by atoms with Gasteiger partial charge in [0, 0.05) is 19.5 Å². The first-order valence-electron chi connectivity index (χ1n) is 6.93. The minimum Gasteiger partial charge on any atom is -0.385 e. The van der Waals surface area contributed by atoms with Crippen LogP contribution in [0.3, 0.4) is 0 Å². The maximum Gasteiger partial charge on any atom is 0.272 e. The Balaban J connectivity index is 2.78. The Hall–Kier alpha value is -1.65. The molecule has 2 N–H and O–H groups in total. The Kier molecular flexibility index (Phi) is 6.25. The molecule has 1 aromatic heterocycles. The summed E-state index contributed by atoms with van der Waals surface area (Å²) < 4.78 is 0. The van der Waals surface area contributed by atoms with E-state index in [0.29, 0.717) is 23.8 Å². The molecule has 106 valence electrons. The number of carbonyl (C=O) groups excluding carboxylic acids is 1. The number of hydrogen-bond acceptors (Lipinski definition) is 4. The summed E-state index contributed by atoms with van der Waals surface area (Å²) in [5, 5.41) is 5.86. The van der Waals surface area contributed by atoms with Gasteiger partial charge in [0.05, 0.1) is 11.9 Å². The Bertz CT molecular complexity index is 418. The first-order valence-corrected chi connectivity index (χ1v) is 6.93. The summed E-state index contributed by atoms with van der Waals surface area (Å²) in [4.78, 5) is 20.7. The van der Waals surface area contributed by atoms with Crippen LogP contribution in [-0.2, 0) is 0 Å². The molecule has 0 aromatic carbocycles. The monoisotopic (exact) mass is 264 g/mol. The van der Waals surface area contributed by atoms with Gasteiger partial charge in [0.15, 0.2) is 5.69 Å². The number of hydrogen-bond donors (Lipinski definition) is 2. The number of nitrogens with zero attached hydrogens (tertiary/aromatic N) is 2. The zero-order chi connectivity index (χ0) is 14.3. The average molecular weight is 264 g/mol. The van der Waals surface area contributed by atoms with Crippen molar-refractivity contribution in [3.05, 3.63) is 17.7 Å².